The molecule has 0 radical (unpaired) electrons. The number of alkyl carbamates (subject to hydrolysis) is 1. The quantitative estimate of drug-likeness (QED) is 0.564. The molecule has 2 aromatic rings. The summed E-state index contributed by atoms with van der Waals surface area (Å²) in [5, 5.41) is 10.4. The van der Waals surface area contributed by atoms with Crippen LogP contribution in [0.1, 0.15) is 38.1 Å². The molecule has 0 spiro atoms. The van der Waals surface area contributed by atoms with E-state index >= 15 is 0 Å². The van der Waals surface area contributed by atoms with Gasteiger partial charge in [-0.1, -0.05) is 12.1 Å². The number of benzene rings is 2. The molecule has 0 aliphatic heterocycles. The third-order valence-electron chi connectivity index (χ3n) is 3.71. The van der Waals surface area contributed by atoms with Crippen LogP contribution in [0.5, 0.6) is 0 Å². The van der Waals surface area contributed by atoms with E-state index in [-0.39, 0.29) is 18.4 Å². The van der Waals surface area contributed by atoms with Gasteiger partial charge in [-0.15, -0.1) is 0 Å². The topological polar surface area (TPSA) is 126 Å². The third kappa shape index (κ3) is 8.17. The summed E-state index contributed by atoms with van der Waals surface area (Å²) < 4.78 is 5.08. The lowest BCUT2D eigenvalue weighted by Crippen LogP contribution is -2.37. The lowest BCUT2D eigenvalue weighted by Gasteiger charge is -2.19. The molecule has 0 saturated heterocycles. The van der Waals surface area contributed by atoms with Crippen LogP contribution in [0.25, 0.3) is 0 Å². The summed E-state index contributed by atoms with van der Waals surface area (Å²) in [6.45, 7) is 6.27. The van der Waals surface area contributed by atoms with E-state index in [1.54, 1.807) is 69.3 Å². The molecule has 0 unspecified atom stereocenters. The lowest BCUT2D eigenvalue weighted by molar-refractivity contribution is -0.115. The Labute approximate surface area is 180 Å². The zero-order chi connectivity index (χ0) is 23.0. The number of rotatable bonds is 6. The van der Waals surface area contributed by atoms with Crippen molar-refractivity contribution in [2.45, 2.75) is 33.3 Å². The first-order valence-electron chi connectivity index (χ1n) is 9.58. The van der Waals surface area contributed by atoms with Gasteiger partial charge < -0.3 is 26.0 Å². The molecular weight excluding hydrogens is 400 g/mol. The molecule has 0 aliphatic carbocycles. The number of anilines is 3. The molecule has 0 bridgehead atoms. The van der Waals surface area contributed by atoms with Crippen molar-refractivity contribution in [2.24, 2.45) is 0 Å². The van der Waals surface area contributed by atoms with Gasteiger partial charge in [-0.2, -0.15) is 0 Å². The maximum atomic E-state index is 12.5. The van der Waals surface area contributed by atoms with Gasteiger partial charge in [0.1, 0.15) is 12.1 Å². The minimum absolute atomic E-state index is 0.206. The maximum absolute atomic E-state index is 12.5. The third-order valence-corrected chi connectivity index (χ3v) is 3.71. The second-order valence-corrected chi connectivity index (χ2v) is 7.66. The van der Waals surface area contributed by atoms with Gasteiger partial charge in [-0.05, 0) is 57.2 Å². The van der Waals surface area contributed by atoms with E-state index in [1.807, 2.05) is 0 Å². The van der Waals surface area contributed by atoms with Gasteiger partial charge in [0.15, 0.2) is 0 Å². The van der Waals surface area contributed by atoms with E-state index in [2.05, 4.69) is 21.3 Å². The van der Waals surface area contributed by atoms with Crippen LogP contribution in [-0.2, 0) is 14.3 Å². The number of hydrogen-bond donors (Lipinski definition) is 4. The number of para-hydroxylation sites is 2. The molecule has 0 atom stereocenters. The van der Waals surface area contributed by atoms with Crippen molar-refractivity contribution in [1.82, 2.24) is 5.32 Å². The first kappa shape index (κ1) is 23.4. The van der Waals surface area contributed by atoms with Crippen LogP contribution in [0, 0.1) is 0 Å². The SMILES string of the molecule is CC(=O)Nc1ccc(C(=O)Nc2ccccc2NC(=O)CNC(=O)OC(C)(C)C)cc1. The van der Waals surface area contributed by atoms with Crippen LogP contribution in [0.3, 0.4) is 0 Å². The van der Waals surface area contributed by atoms with Crippen LogP contribution in [0.15, 0.2) is 48.5 Å². The summed E-state index contributed by atoms with van der Waals surface area (Å²) in [6.07, 6.45) is -0.702. The standard InChI is InChI=1S/C22H26N4O5/c1-14(27)24-16-11-9-15(10-12-16)20(29)26-18-8-6-5-7-17(18)25-19(28)13-23-21(30)31-22(2,3)4/h5-12H,13H2,1-4H3,(H,23,30)(H,24,27)(H,25,28)(H,26,29). The molecule has 0 saturated carbocycles. The van der Waals surface area contributed by atoms with E-state index in [4.69, 9.17) is 4.74 Å². The Balaban J connectivity index is 1.98. The van der Waals surface area contributed by atoms with E-state index in [0.717, 1.165) is 0 Å². The van der Waals surface area contributed by atoms with Crippen molar-refractivity contribution in [1.29, 1.82) is 0 Å². The van der Waals surface area contributed by atoms with Crippen molar-refractivity contribution in [3.8, 4) is 0 Å². The van der Waals surface area contributed by atoms with Gasteiger partial charge in [0.25, 0.3) is 5.91 Å². The van der Waals surface area contributed by atoms with Gasteiger partial charge in [0, 0.05) is 18.2 Å². The Morgan fingerprint density at radius 3 is 1.97 bits per heavy atom. The largest absolute Gasteiger partial charge is 0.444 e. The maximum Gasteiger partial charge on any atom is 0.408 e. The highest BCUT2D eigenvalue weighted by molar-refractivity contribution is 6.07. The minimum atomic E-state index is -0.702. The zero-order valence-corrected chi connectivity index (χ0v) is 17.9. The predicted molar refractivity (Wildman–Crippen MR) is 118 cm³/mol. The highest BCUT2D eigenvalue weighted by Gasteiger charge is 2.17. The molecule has 0 aliphatic rings. The Morgan fingerprint density at radius 1 is 0.839 bits per heavy atom. The highest BCUT2D eigenvalue weighted by Crippen LogP contribution is 2.22. The molecule has 4 N–H and O–H groups in total. The van der Waals surface area contributed by atoms with Gasteiger partial charge in [0.05, 0.1) is 11.4 Å². The predicted octanol–water partition coefficient (Wildman–Crippen LogP) is 3.36. The monoisotopic (exact) mass is 426 g/mol. The highest BCUT2D eigenvalue weighted by atomic mass is 16.6. The van der Waals surface area contributed by atoms with Crippen LogP contribution in [0.2, 0.25) is 0 Å². The first-order chi connectivity index (χ1) is 14.5. The number of nitrogens with one attached hydrogen (secondary N) is 4. The minimum Gasteiger partial charge on any atom is -0.444 e. The van der Waals surface area contributed by atoms with Crippen molar-refractivity contribution < 1.29 is 23.9 Å². The van der Waals surface area contributed by atoms with Crippen LogP contribution in [0.4, 0.5) is 21.9 Å². The molecule has 164 valence electrons. The number of hydrogen-bond acceptors (Lipinski definition) is 5. The summed E-state index contributed by atoms with van der Waals surface area (Å²) >= 11 is 0. The summed E-state index contributed by atoms with van der Waals surface area (Å²) in [6, 6.07) is 13.1. The van der Waals surface area contributed by atoms with Crippen molar-refractivity contribution >= 4 is 40.9 Å². The second kappa shape index (κ2) is 10.2. The average Bonchev–Trinajstić information content (AvgIpc) is 2.66. The fourth-order valence-electron chi connectivity index (χ4n) is 2.46. The molecule has 0 heterocycles. The van der Waals surface area contributed by atoms with E-state index in [0.29, 0.717) is 22.6 Å². The normalized spacial score (nSPS) is 10.6. The van der Waals surface area contributed by atoms with Crippen LogP contribution >= 0.6 is 0 Å². The molecule has 0 aromatic heterocycles. The number of carbonyl (C=O) groups is 4. The van der Waals surface area contributed by atoms with Crippen molar-refractivity contribution in [3.63, 3.8) is 0 Å². The molecule has 2 rings (SSSR count). The van der Waals surface area contributed by atoms with Gasteiger partial charge in [0.2, 0.25) is 11.8 Å². The molecule has 9 nitrogen and oxygen atoms in total. The smallest absolute Gasteiger partial charge is 0.408 e. The summed E-state index contributed by atoms with van der Waals surface area (Å²) in [5.41, 5.74) is 1.06. The number of carbonyl (C=O) groups excluding carboxylic acids is 4. The molecule has 4 amide bonds. The lowest BCUT2D eigenvalue weighted by atomic mass is 10.1. The molecule has 2 aromatic carbocycles. The number of ether oxygens (including phenoxy) is 1. The Hall–Kier alpha value is -3.88. The molecule has 31 heavy (non-hydrogen) atoms. The summed E-state index contributed by atoms with van der Waals surface area (Å²) in [7, 11) is 0. The Bertz CT molecular complexity index is 965. The van der Waals surface area contributed by atoms with Crippen molar-refractivity contribution in [3.05, 3.63) is 54.1 Å². The second-order valence-electron chi connectivity index (χ2n) is 7.66. The van der Waals surface area contributed by atoms with Gasteiger partial charge in [-0.25, -0.2) is 4.79 Å². The molecule has 9 heteroatoms. The average molecular weight is 426 g/mol. The Morgan fingerprint density at radius 2 is 1.42 bits per heavy atom. The first-order valence-corrected chi connectivity index (χ1v) is 9.58. The summed E-state index contributed by atoms with van der Waals surface area (Å²) in [5.74, 6) is -1.07. The fraction of sp³-hybridized carbons (Fsp3) is 0.273. The van der Waals surface area contributed by atoms with Gasteiger partial charge >= 0.3 is 6.09 Å². The van der Waals surface area contributed by atoms with E-state index in [9.17, 15) is 19.2 Å². The molecular formula is C22H26N4O5. The van der Waals surface area contributed by atoms with Crippen molar-refractivity contribution in [2.75, 3.05) is 22.5 Å². The van der Waals surface area contributed by atoms with E-state index in [1.165, 1.54) is 6.92 Å². The molecule has 0 fully saturated rings. The van der Waals surface area contributed by atoms with Crippen LogP contribution < -0.4 is 21.3 Å². The van der Waals surface area contributed by atoms with Crippen LogP contribution in [-0.4, -0.2) is 36.0 Å². The van der Waals surface area contributed by atoms with Gasteiger partial charge in [-0.3, -0.25) is 14.4 Å². The zero-order valence-electron chi connectivity index (χ0n) is 17.9. The summed E-state index contributed by atoms with van der Waals surface area (Å²) in [4.78, 5) is 47.5. The number of amides is 4. The fourth-order valence-corrected chi connectivity index (χ4v) is 2.46. The Kier molecular flexibility index (Phi) is 7.73. The van der Waals surface area contributed by atoms with E-state index < -0.39 is 17.6 Å².